The van der Waals surface area contributed by atoms with Gasteiger partial charge in [0.05, 0.1) is 5.69 Å². The largest absolute Gasteiger partial charge is 0.432 e. The number of piperidine rings is 1. The fourth-order valence-corrected chi connectivity index (χ4v) is 3.94. The van der Waals surface area contributed by atoms with Gasteiger partial charge >= 0.3 is 7.05 Å². The summed E-state index contributed by atoms with van der Waals surface area (Å²) in [5, 5.41) is 9.85. The van der Waals surface area contributed by atoms with Gasteiger partial charge in [-0.05, 0) is 37.2 Å². The van der Waals surface area contributed by atoms with Crippen LogP contribution in [-0.2, 0) is 5.41 Å². The first kappa shape index (κ1) is 10.4. The molecule has 0 amide bonds. The topological polar surface area (TPSA) is 56.3 Å². The number of allylic oxidation sites excluding steroid dienone is 2. The molecular formula is C13H15BN2O2. The van der Waals surface area contributed by atoms with Gasteiger partial charge in [0.2, 0.25) is 5.78 Å². The zero-order chi connectivity index (χ0) is 12.7. The number of aryl methyl sites for hydroxylation is 1. The molecule has 1 saturated carbocycles. The molecule has 2 heterocycles. The second-order valence-electron chi connectivity index (χ2n) is 5.77. The van der Waals surface area contributed by atoms with E-state index in [9.17, 15) is 9.82 Å². The van der Waals surface area contributed by atoms with Crippen molar-refractivity contribution < 1.29 is 9.82 Å². The minimum absolute atomic E-state index is 0.0182. The number of fused-ring (bicyclic) bond motifs is 1. The quantitative estimate of drug-likeness (QED) is 0.724. The van der Waals surface area contributed by atoms with Gasteiger partial charge in [-0.1, -0.05) is 0 Å². The zero-order valence-corrected chi connectivity index (χ0v) is 10.5. The molecule has 5 heteroatoms. The summed E-state index contributed by atoms with van der Waals surface area (Å²) in [7, 11) is -0.519. The van der Waals surface area contributed by atoms with Crippen LogP contribution in [0.25, 0.3) is 0 Å². The molecule has 4 rings (SSSR count). The van der Waals surface area contributed by atoms with Gasteiger partial charge in [0, 0.05) is 29.9 Å². The Bertz CT molecular complexity index is 604. The van der Waals surface area contributed by atoms with Crippen LogP contribution in [-0.4, -0.2) is 34.2 Å². The molecule has 3 aliphatic rings. The molecule has 1 aromatic rings. The Kier molecular flexibility index (Phi) is 1.69. The minimum Gasteiger partial charge on any atom is -0.432 e. The van der Waals surface area contributed by atoms with E-state index in [1.165, 1.54) is 11.1 Å². The van der Waals surface area contributed by atoms with Crippen LogP contribution in [0.5, 0.6) is 0 Å². The SMILES string of the molecule is CB(O)N1C[C@H]2CC23C1=CC(=O)c1[nH]cc(C)c13. The monoisotopic (exact) mass is 242 g/mol. The molecule has 2 atom stereocenters. The minimum atomic E-state index is -0.519. The molecule has 1 unspecified atom stereocenters. The van der Waals surface area contributed by atoms with Crippen LogP contribution in [0, 0.1) is 12.8 Å². The molecule has 0 bridgehead atoms. The molecule has 1 aliphatic heterocycles. The van der Waals surface area contributed by atoms with Crippen molar-refractivity contribution in [3.63, 3.8) is 0 Å². The van der Waals surface area contributed by atoms with Crippen molar-refractivity contribution in [3.05, 3.63) is 34.8 Å². The predicted octanol–water partition coefficient (Wildman–Crippen LogP) is 1.09. The number of carbonyl (C=O) groups is 1. The van der Waals surface area contributed by atoms with E-state index in [1.807, 2.05) is 11.0 Å². The van der Waals surface area contributed by atoms with Gasteiger partial charge in [-0.25, -0.2) is 0 Å². The van der Waals surface area contributed by atoms with Crippen LogP contribution in [0.3, 0.4) is 0 Å². The summed E-state index contributed by atoms with van der Waals surface area (Å²) < 4.78 is 0. The number of aromatic nitrogens is 1. The highest BCUT2D eigenvalue weighted by molar-refractivity contribution is 6.46. The second kappa shape index (κ2) is 2.91. The van der Waals surface area contributed by atoms with E-state index in [1.54, 1.807) is 12.9 Å². The van der Waals surface area contributed by atoms with Gasteiger partial charge in [0.15, 0.2) is 0 Å². The first-order valence-corrected chi connectivity index (χ1v) is 6.45. The summed E-state index contributed by atoms with van der Waals surface area (Å²) >= 11 is 0. The molecule has 0 radical (unpaired) electrons. The van der Waals surface area contributed by atoms with Crippen LogP contribution in [0.15, 0.2) is 18.0 Å². The third kappa shape index (κ3) is 0.961. The molecule has 92 valence electrons. The Morgan fingerprint density at radius 2 is 2.39 bits per heavy atom. The highest BCUT2D eigenvalue weighted by Crippen LogP contribution is 2.67. The van der Waals surface area contributed by atoms with Crippen LogP contribution >= 0.6 is 0 Å². The van der Waals surface area contributed by atoms with Crippen LogP contribution in [0.2, 0.25) is 6.82 Å². The number of nitrogens with zero attached hydrogens (tertiary/aromatic N) is 1. The summed E-state index contributed by atoms with van der Waals surface area (Å²) in [5.74, 6) is 0.594. The number of aromatic amines is 1. The maximum absolute atomic E-state index is 12.2. The van der Waals surface area contributed by atoms with E-state index in [0.717, 1.165) is 24.4 Å². The van der Waals surface area contributed by atoms with Gasteiger partial charge in [0.25, 0.3) is 0 Å². The van der Waals surface area contributed by atoms with E-state index in [2.05, 4.69) is 11.9 Å². The average molecular weight is 242 g/mol. The molecule has 2 aliphatic carbocycles. The number of H-pyrrole nitrogens is 1. The number of carbonyl (C=O) groups excluding carboxylic acids is 1. The van der Waals surface area contributed by atoms with E-state index in [0.29, 0.717) is 5.92 Å². The lowest BCUT2D eigenvalue weighted by atomic mass is 9.79. The molecule has 2 N–H and O–H groups in total. The number of nitrogens with one attached hydrogen (secondary N) is 1. The van der Waals surface area contributed by atoms with Crippen molar-refractivity contribution in [1.82, 2.24) is 9.79 Å². The summed E-state index contributed by atoms with van der Waals surface area (Å²) in [6.45, 7) is 4.69. The van der Waals surface area contributed by atoms with Gasteiger partial charge in [-0.15, -0.1) is 0 Å². The van der Waals surface area contributed by atoms with Crippen LogP contribution in [0.1, 0.15) is 28.0 Å². The second-order valence-corrected chi connectivity index (χ2v) is 5.77. The Morgan fingerprint density at radius 3 is 3.11 bits per heavy atom. The third-order valence-electron chi connectivity index (χ3n) is 4.78. The normalized spacial score (nSPS) is 31.7. The van der Waals surface area contributed by atoms with Crippen molar-refractivity contribution in [2.75, 3.05) is 6.54 Å². The Labute approximate surface area is 106 Å². The predicted molar refractivity (Wildman–Crippen MR) is 68.3 cm³/mol. The first-order chi connectivity index (χ1) is 8.55. The molecule has 1 spiro atoms. The molecule has 4 nitrogen and oxygen atoms in total. The van der Waals surface area contributed by atoms with Crippen LogP contribution in [0.4, 0.5) is 0 Å². The van der Waals surface area contributed by atoms with E-state index >= 15 is 0 Å². The van der Waals surface area contributed by atoms with Crippen molar-refractivity contribution in [3.8, 4) is 0 Å². The molecule has 2 fully saturated rings. The van der Waals surface area contributed by atoms with Crippen molar-refractivity contribution in [2.24, 2.45) is 5.92 Å². The smallest absolute Gasteiger partial charge is 0.409 e. The standard InChI is InChI=1S/C13H15BN2O2/c1-7-5-15-12-9(17)3-10-13(11(7)12)4-8(13)6-16(10)14(2)18/h3,5,8,15,18H,4,6H2,1-2H3/t8-,13?/m1/s1. The van der Waals surface area contributed by atoms with Gasteiger partial charge in [0.1, 0.15) is 0 Å². The van der Waals surface area contributed by atoms with Gasteiger partial charge < -0.3 is 14.8 Å². The Hall–Kier alpha value is -1.49. The number of rotatable bonds is 1. The van der Waals surface area contributed by atoms with E-state index in [-0.39, 0.29) is 11.2 Å². The fourth-order valence-electron chi connectivity index (χ4n) is 3.94. The maximum Gasteiger partial charge on any atom is 0.409 e. The Balaban J connectivity index is 1.94. The van der Waals surface area contributed by atoms with E-state index in [4.69, 9.17) is 0 Å². The fraction of sp³-hybridized carbons (Fsp3) is 0.462. The summed E-state index contributed by atoms with van der Waals surface area (Å²) in [5.41, 5.74) is 4.15. The number of hydrogen-bond donors (Lipinski definition) is 2. The van der Waals surface area contributed by atoms with Gasteiger partial charge in [-0.3, -0.25) is 4.79 Å². The zero-order valence-electron chi connectivity index (χ0n) is 10.5. The molecule has 1 aromatic heterocycles. The molecule has 18 heavy (non-hydrogen) atoms. The van der Waals surface area contributed by atoms with Crippen LogP contribution < -0.4 is 0 Å². The lowest BCUT2D eigenvalue weighted by Crippen LogP contribution is -2.38. The molecule has 1 saturated heterocycles. The average Bonchev–Trinajstić information content (AvgIpc) is 2.70. The highest BCUT2D eigenvalue weighted by atomic mass is 16.2. The highest BCUT2D eigenvalue weighted by Gasteiger charge is 2.67. The third-order valence-corrected chi connectivity index (χ3v) is 4.78. The number of ketones is 1. The molecule has 0 aromatic carbocycles. The molecular weight excluding hydrogens is 227 g/mol. The summed E-state index contributed by atoms with van der Waals surface area (Å²) in [6, 6.07) is 0. The summed E-state index contributed by atoms with van der Waals surface area (Å²) in [6.07, 6.45) is 4.76. The van der Waals surface area contributed by atoms with Crippen molar-refractivity contribution in [2.45, 2.75) is 25.6 Å². The van der Waals surface area contributed by atoms with Crippen molar-refractivity contribution in [1.29, 1.82) is 0 Å². The van der Waals surface area contributed by atoms with Crippen molar-refractivity contribution >= 4 is 12.8 Å². The van der Waals surface area contributed by atoms with Gasteiger partial charge in [-0.2, -0.15) is 0 Å². The Morgan fingerprint density at radius 1 is 1.61 bits per heavy atom. The first-order valence-electron chi connectivity index (χ1n) is 6.45. The lowest BCUT2D eigenvalue weighted by molar-refractivity contribution is 0.103. The summed E-state index contributed by atoms with van der Waals surface area (Å²) in [4.78, 5) is 17.2. The maximum atomic E-state index is 12.2. The number of hydrogen-bond acceptors (Lipinski definition) is 3. The van der Waals surface area contributed by atoms with E-state index < -0.39 is 7.05 Å². The lowest BCUT2D eigenvalue weighted by Gasteiger charge is -2.30.